The lowest BCUT2D eigenvalue weighted by Gasteiger charge is -2.23. The highest BCUT2D eigenvalue weighted by Gasteiger charge is 2.03. The van der Waals surface area contributed by atoms with Crippen molar-refractivity contribution in [3.05, 3.63) is 24.3 Å². The van der Waals surface area contributed by atoms with Crippen LogP contribution < -0.4 is 10.6 Å². The lowest BCUT2D eigenvalue weighted by atomic mass is 10.2. The van der Waals surface area contributed by atoms with Crippen molar-refractivity contribution < 1.29 is 5.11 Å². The molecule has 0 bridgehead atoms. The molecule has 0 aliphatic rings. The Labute approximate surface area is 104 Å². The van der Waals surface area contributed by atoms with Crippen LogP contribution in [0.5, 0.6) is 0 Å². The molecule has 1 aromatic carbocycles. The fourth-order valence-electron chi connectivity index (χ4n) is 1.96. The van der Waals surface area contributed by atoms with Crippen LogP contribution in [0.1, 0.15) is 32.6 Å². The van der Waals surface area contributed by atoms with Gasteiger partial charge in [0.05, 0.1) is 0 Å². The lowest BCUT2D eigenvalue weighted by Crippen LogP contribution is -2.23. The molecule has 0 fully saturated rings. The number of aliphatic hydroxyl groups is 1. The number of anilines is 2. The Bertz CT molecular complexity index is 315. The molecule has 0 saturated heterocycles. The van der Waals surface area contributed by atoms with Crippen LogP contribution in [0.25, 0.3) is 0 Å². The zero-order valence-electron chi connectivity index (χ0n) is 10.7. The number of rotatable bonds is 8. The van der Waals surface area contributed by atoms with Crippen molar-refractivity contribution in [3.63, 3.8) is 0 Å². The Morgan fingerprint density at radius 1 is 1.18 bits per heavy atom. The van der Waals surface area contributed by atoms with E-state index in [1.165, 1.54) is 18.5 Å². The van der Waals surface area contributed by atoms with Crippen molar-refractivity contribution in [1.82, 2.24) is 0 Å². The fourth-order valence-corrected chi connectivity index (χ4v) is 1.96. The summed E-state index contributed by atoms with van der Waals surface area (Å²) in [7, 11) is 0. The van der Waals surface area contributed by atoms with Crippen molar-refractivity contribution in [2.45, 2.75) is 32.6 Å². The van der Waals surface area contributed by atoms with Crippen LogP contribution in [0.4, 0.5) is 11.4 Å². The molecular weight excluding hydrogens is 212 g/mol. The maximum absolute atomic E-state index is 8.71. The van der Waals surface area contributed by atoms with Crippen molar-refractivity contribution in [1.29, 1.82) is 0 Å². The lowest BCUT2D eigenvalue weighted by molar-refractivity contribution is 0.282. The Morgan fingerprint density at radius 3 is 2.59 bits per heavy atom. The molecule has 0 heterocycles. The molecule has 0 amide bonds. The third-order valence-electron chi connectivity index (χ3n) is 2.95. The van der Waals surface area contributed by atoms with Gasteiger partial charge >= 0.3 is 0 Å². The van der Waals surface area contributed by atoms with Crippen LogP contribution >= 0.6 is 0 Å². The zero-order valence-corrected chi connectivity index (χ0v) is 10.7. The predicted octanol–water partition coefficient (Wildman–Crippen LogP) is 2.65. The van der Waals surface area contributed by atoms with E-state index in [1.807, 2.05) is 18.2 Å². The van der Waals surface area contributed by atoms with Gasteiger partial charge in [0.15, 0.2) is 0 Å². The van der Waals surface area contributed by atoms with Crippen molar-refractivity contribution >= 4 is 11.4 Å². The third kappa shape index (κ3) is 5.09. The fraction of sp³-hybridized carbons (Fsp3) is 0.571. The maximum atomic E-state index is 8.71. The Kier molecular flexibility index (Phi) is 6.48. The zero-order chi connectivity index (χ0) is 12.5. The Hall–Kier alpha value is -1.22. The quantitative estimate of drug-likeness (QED) is 0.539. The summed E-state index contributed by atoms with van der Waals surface area (Å²) < 4.78 is 0. The van der Waals surface area contributed by atoms with E-state index in [9.17, 15) is 0 Å². The Morgan fingerprint density at radius 2 is 1.94 bits per heavy atom. The summed E-state index contributed by atoms with van der Waals surface area (Å²) in [6.07, 6.45) is 4.39. The molecule has 3 nitrogen and oxygen atoms in total. The van der Waals surface area contributed by atoms with Crippen molar-refractivity contribution in [2.24, 2.45) is 0 Å². The molecule has 0 spiro atoms. The van der Waals surface area contributed by atoms with Gasteiger partial charge in [-0.3, -0.25) is 0 Å². The first-order chi connectivity index (χ1) is 8.27. The highest BCUT2D eigenvalue weighted by molar-refractivity contribution is 5.55. The monoisotopic (exact) mass is 236 g/mol. The van der Waals surface area contributed by atoms with Gasteiger partial charge in [0.2, 0.25) is 0 Å². The maximum Gasteiger partial charge on any atom is 0.0431 e. The molecule has 96 valence electrons. The van der Waals surface area contributed by atoms with E-state index in [-0.39, 0.29) is 0 Å². The van der Waals surface area contributed by atoms with E-state index < -0.39 is 0 Å². The second-order valence-corrected chi connectivity index (χ2v) is 4.31. The first-order valence-electron chi connectivity index (χ1n) is 6.49. The average Bonchev–Trinajstić information content (AvgIpc) is 2.34. The number of benzene rings is 1. The first-order valence-corrected chi connectivity index (χ1v) is 6.49. The summed E-state index contributed by atoms with van der Waals surface area (Å²) in [6.45, 7) is 4.54. The normalized spacial score (nSPS) is 10.5. The molecule has 0 atom stereocenters. The van der Waals surface area contributed by atoms with Gasteiger partial charge in [-0.2, -0.15) is 0 Å². The van der Waals surface area contributed by atoms with Gasteiger partial charge in [-0.1, -0.05) is 18.9 Å². The van der Waals surface area contributed by atoms with Gasteiger partial charge in [0.1, 0.15) is 0 Å². The highest BCUT2D eigenvalue weighted by atomic mass is 16.2. The standard InChI is InChI=1S/C14H24N2O/c1-2-16(10-5-3-4-6-11-17)14-9-7-8-13(15)12-14/h7-9,12,17H,2-6,10-11,15H2,1H3. The summed E-state index contributed by atoms with van der Waals surface area (Å²) >= 11 is 0. The smallest absolute Gasteiger partial charge is 0.0431 e. The number of aliphatic hydroxyl groups excluding tert-OH is 1. The van der Waals surface area contributed by atoms with Gasteiger partial charge in [-0.05, 0) is 38.0 Å². The molecule has 0 aromatic heterocycles. The van der Waals surface area contributed by atoms with E-state index in [2.05, 4.69) is 17.9 Å². The van der Waals surface area contributed by atoms with E-state index in [0.29, 0.717) is 6.61 Å². The van der Waals surface area contributed by atoms with Crippen molar-refractivity contribution in [2.75, 3.05) is 30.3 Å². The number of unbranched alkanes of at least 4 members (excludes halogenated alkanes) is 3. The number of hydrogen-bond donors (Lipinski definition) is 2. The molecule has 0 aliphatic heterocycles. The third-order valence-corrected chi connectivity index (χ3v) is 2.95. The van der Waals surface area contributed by atoms with Gasteiger partial charge < -0.3 is 15.7 Å². The molecule has 0 aliphatic carbocycles. The molecule has 1 aromatic rings. The van der Waals surface area contributed by atoms with Gasteiger partial charge in [-0.25, -0.2) is 0 Å². The summed E-state index contributed by atoms with van der Waals surface area (Å²) in [5.41, 5.74) is 7.82. The average molecular weight is 236 g/mol. The molecule has 3 N–H and O–H groups in total. The van der Waals surface area contributed by atoms with E-state index >= 15 is 0 Å². The van der Waals surface area contributed by atoms with Crippen molar-refractivity contribution in [3.8, 4) is 0 Å². The van der Waals surface area contributed by atoms with Crippen LogP contribution in [-0.2, 0) is 0 Å². The SMILES string of the molecule is CCN(CCCCCCO)c1cccc(N)c1. The molecule has 0 saturated carbocycles. The second kappa shape index (κ2) is 7.96. The van der Waals surface area contributed by atoms with Crippen LogP contribution in [0.2, 0.25) is 0 Å². The van der Waals surface area contributed by atoms with E-state index in [0.717, 1.165) is 31.6 Å². The second-order valence-electron chi connectivity index (χ2n) is 4.31. The number of nitrogens with two attached hydrogens (primary N) is 1. The van der Waals surface area contributed by atoms with E-state index in [1.54, 1.807) is 0 Å². The molecule has 0 radical (unpaired) electrons. The summed E-state index contributed by atoms with van der Waals surface area (Å²) in [6, 6.07) is 8.04. The predicted molar refractivity (Wildman–Crippen MR) is 74.3 cm³/mol. The highest BCUT2D eigenvalue weighted by Crippen LogP contribution is 2.18. The van der Waals surface area contributed by atoms with Crippen LogP contribution in [0, 0.1) is 0 Å². The Balaban J connectivity index is 2.38. The van der Waals surface area contributed by atoms with Gasteiger partial charge in [0, 0.05) is 31.1 Å². The first kappa shape index (κ1) is 13.8. The minimum Gasteiger partial charge on any atom is -0.399 e. The number of nitrogens with zero attached hydrogens (tertiary/aromatic N) is 1. The topological polar surface area (TPSA) is 49.5 Å². The minimum absolute atomic E-state index is 0.312. The molecule has 3 heteroatoms. The number of nitrogen functional groups attached to an aromatic ring is 1. The molecule has 17 heavy (non-hydrogen) atoms. The molecule has 0 unspecified atom stereocenters. The van der Waals surface area contributed by atoms with Crippen LogP contribution in [0.3, 0.4) is 0 Å². The summed E-state index contributed by atoms with van der Waals surface area (Å²) in [5.74, 6) is 0. The number of hydrogen-bond acceptors (Lipinski definition) is 3. The van der Waals surface area contributed by atoms with Crippen LogP contribution in [-0.4, -0.2) is 24.8 Å². The van der Waals surface area contributed by atoms with Gasteiger partial charge in [-0.15, -0.1) is 0 Å². The largest absolute Gasteiger partial charge is 0.399 e. The molecule has 1 rings (SSSR count). The molecular formula is C14H24N2O. The summed E-state index contributed by atoms with van der Waals surface area (Å²) in [4.78, 5) is 2.34. The van der Waals surface area contributed by atoms with E-state index in [4.69, 9.17) is 10.8 Å². The van der Waals surface area contributed by atoms with Crippen LogP contribution in [0.15, 0.2) is 24.3 Å². The summed E-state index contributed by atoms with van der Waals surface area (Å²) in [5, 5.41) is 8.71. The minimum atomic E-state index is 0.312. The van der Waals surface area contributed by atoms with Gasteiger partial charge in [0.25, 0.3) is 0 Å².